The first kappa shape index (κ1) is 11.6. The van der Waals surface area contributed by atoms with Crippen LogP contribution in [0.4, 0.5) is 5.69 Å². The maximum atomic E-state index is 8.96. The quantitative estimate of drug-likeness (QED) is 0.819. The zero-order valence-electron chi connectivity index (χ0n) is 10.5. The van der Waals surface area contributed by atoms with Gasteiger partial charge in [0, 0.05) is 24.8 Å². The molecule has 2 fully saturated rings. The number of fused-ring (bicyclic) bond motifs is 1. The van der Waals surface area contributed by atoms with Crippen LogP contribution in [0.1, 0.15) is 24.8 Å². The number of nitrogens with zero attached hydrogens (tertiary/aromatic N) is 2. The molecule has 1 aliphatic heterocycles. The van der Waals surface area contributed by atoms with E-state index in [-0.39, 0.29) is 0 Å². The van der Waals surface area contributed by atoms with Gasteiger partial charge >= 0.3 is 0 Å². The van der Waals surface area contributed by atoms with E-state index in [2.05, 4.69) is 17.0 Å². The highest BCUT2D eigenvalue weighted by atomic mass is 15.2. The normalized spacial score (nSPS) is 30.9. The molecule has 3 atom stereocenters. The number of benzene rings is 1. The largest absolute Gasteiger partial charge is 0.371 e. The highest BCUT2D eigenvalue weighted by Gasteiger charge is 2.36. The fourth-order valence-electron chi connectivity index (χ4n) is 3.45. The monoisotopic (exact) mass is 241 g/mol. The molecular weight excluding hydrogens is 222 g/mol. The first-order chi connectivity index (χ1) is 8.76. The van der Waals surface area contributed by atoms with Crippen LogP contribution in [0.2, 0.25) is 0 Å². The van der Waals surface area contributed by atoms with Crippen molar-refractivity contribution in [1.82, 2.24) is 0 Å². The Balaban J connectivity index is 1.77. The first-order valence-electron chi connectivity index (χ1n) is 6.77. The number of rotatable bonds is 1. The smallest absolute Gasteiger partial charge is 0.0992 e. The summed E-state index contributed by atoms with van der Waals surface area (Å²) in [5.41, 5.74) is 8.00. The van der Waals surface area contributed by atoms with Crippen LogP contribution >= 0.6 is 0 Å². The Kier molecular flexibility index (Phi) is 2.97. The molecule has 0 aromatic heterocycles. The SMILES string of the molecule is N#Cc1cccc(N2C[C@H]3CCC(N)C[C@H]3C2)c1. The number of hydrogen-bond acceptors (Lipinski definition) is 3. The summed E-state index contributed by atoms with van der Waals surface area (Å²) in [5.74, 6) is 1.55. The summed E-state index contributed by atoms with van der Waals surface area (Å²) in [6.07, 6.45) is 3.60. The van der Waals surface area contributed by atoms with Crippen molar-refractivity contribution in [3.05, 3.63) is 29.8 Å². The zero-order valence-corrected chi connectivity index (χ0v) is 10.5. The summed E-state index contributed by atoms with van der Waals surface area (Å²) in [5, 5.41) is 8.96. The molecule has 3 rings (SSSR count). The lowest BCUT2D eigenvalue weighted by molar-refractivity contribution is 0.271. The molecule has 1 heterocycles. The van der Waals surface area contributed by atoms with Gasteiger partial charge in [0.05, 0.1) is 11.6 Å². The van der Waals surface area contributed by atoms with Crippen molar-refractivity contribution < 1.29 is 0 Å². The molecule has 1 aromatic carbocycles. The first-order valence-corrected chi connectivity index (χ1v) is 6.77. The fraction of sp³-hybridized carbons (Fsp3) is 0.533. The topological polar surface area (TPSA) is 53.0 Å². The van der Waals surface area contributed by atoms with Gasteiger partial charge < -0.3 is 10.6 Å². The summed E-state index contributed by atoms with van der Waals surface area (Å²) < 4.78 is 0. The highest BCUT2D eigenvalue weighted by Crippen LogP contribution is 2.37. The molecule has 1 aliphatic carbocycles. The third-order valence-corrected chi connectivity index (χ3v) is 4.43. The average molecular weight is 241 g/mol. The van der Waals surface area contributed by atoms with Gasteiger partial charge in [-0.3, -0.25) is 0 Å². The van der Waals surface area contributed by atoms with Crippen molar-refractivity contribution >= 4 is 5.69 Å². The lowest BCUT2D eigenvalue weighted by Crippen LogP contribution is -2.32. The van der Waals surface area contributed by atoms with E-state index in [4.69, 9.17) is 11.0 Å². The molecule has 0 radical (unpaired) electrons. The third-order valence-electron chi connectivity index (χ3n) is 4.43. The molecule has 18 heavy (non-hydrogen) atoms. The van der Waals surface area contributed by atoms with Gasteiger partial charge in [-0.15, -0.1) is 0 Å². The van der Waals surface area contributed by atoms with Gasteiger partial charge in [-0.2, -0.15) is 5.26 Å². The van der Waals surface area contributed by atoms with Crippen LogP contribution in [0.15, 0.2) is 24.3 Å². The summed E-state index contributed by atoms with van der Waals surface area (Å²) in [7, 11) is 0. The second-order valence-electron chi connectivity index (χ2n) is 5.66. The van der Waals surface area contributed by atoms with Gasteiger partial charge in [-0.05, 0) is 49.3 Å². The maximum Gasteiger partial charge on any atom is 0.0992 e. The van der Waals surface area contributed by atoms with Gasteiger partial charge in [0.15, 0.2) is 0 Å². The molecular formula is C15H19N3. The van der Waals surface area contributed by atoms with Gasteiger partial charge in [0.25, 0.3) is 0 Å². The Morgan fingerprint density at radius 2 is 2.06 bits per heavy atom. The lowest BCUT2D eigenvalue weighted by atomic mass is 9.79. The summed E-state index contributed by atoms with van der Waals surface area (Å²) in [6, 6.07) is 10.6. The Morgan fingerprint density at radius 1 is 1.22 bits per heavy atom. The molecule has 3 heteroatoms. The standard InChI is InChI=1S/C15H19N3/c16-8-11-2-1-3-15(6-11)18-9-12-4-5-14(17)7-13(12)10-18/h1-3,6,12-14H,4-5,7,9-10,17H2/t12-,13+,14?/m1/s1. The van der Waals surface area contributed by atoms with E-state index in [1.54, 1.807) is 0 Å². The van der Waals surface area contributed by atoms with Gasteiger partial charge in [0.2, 0.25) is 0 Å². The van der Waals surface area contributed by atoms with Crippen molar-refractivity contribution in [3.8, 4) is 6.07 Å². The van der Waals surface area contributed by atoms with Crippen molar-refractivity contribution in [2.45, 2.75) is 25.3 Å². The molecule has 0 spiro atoms. The molecule has 0 amide bonds. The van der Waals surface area contributed by atoms with Crippen LogP contribution in [-0.2, 0) is 0 Å². The number of nitrogens with two attached hydrogens (primary N) is 1. The van der Waals surface area contributed by atoms with Crippen LogP contribution in [-0.4, -0.2) is 19.1 Å². The Hall–Kier alpha value is -1.53. The Bertz CT molecular complexity index is 477. The zero-order chi connectivity index (χ0) is 12.5. The second kappa shape index (κ2) is 4.62. The van der Waals surface area contributed by atoms with E-state index < -0.39 is 0 Å². The van der Waals surface area contributed by atoms with Crippen molar-refractivity contribution in [2.24, 2.45) is 17.6 Å². The van der Waals surface area contributed by atoms with E-state index in [1.807, 2.05) is 18.2 Å². The van der Waals surface area contributed by atoms with Gasteiger partial charge in [-0.25, -0.2) is 0 Å². The molecule has 3 nitrogen and oxygen atoms in total. The van der Waals surface area contributed by atoms with E-state index in [1.165, 1.54) is 24.9 Å². The molecule has 1 saturated heterocycles. The number of nitriles is 1. The average Bonchev–Trinajstić information content (AvgIpc) is 2.81. The minimum atomic E-state index is 0.400. The van der Waals surface area contributed by atoms with Crippen molar-refractivity contribution in [2.75, 3.05) is 18.0 Å². The predicted octanol–water partition coefficient (Wildman–Crippen LogP) is 2.12. The molecule has 2 aliphatic rings. The Labute approximate surface area is 108 Å². The van der Waals surface area contributed by atoms with Crippen LogP contribution in [0.3, 0.4) is 0 Å². The predicted molar refractivity (Wildman–Crippen MR) is 72.2 cm³/mol. The van der Waals surface area contributed by atoms with Crippen LogP contribution in [0, 0.1) is 23.2 Å². The molecule has 1 unspecified atom stereocenters. The minimum absolute atomic E-state index is 0.400. The lowest BCUT2D eigenvalue weighted by Gasteiger charge is -2.27. The van der Waals surface area contributed by atoms with Gasteiger partial charge in [0.1, 0.15) is 0 Å². The van der Waals surface area contributed by atoms with Crippen molar-refractivity contribution in [1.29, 1.82) is 5.26 Å². The van der Waals surface area contributed by atoms with Crippen molar-refractivity contribution in [3.63, 3.8) is 0 Å². The molecule has 94 valence electrons. The highest BCUT2D eigenvalue weighted by molar-refractivity contribution is 5.52. The number of anilines is 1. The van der Waals surface area contributed by atoms with Gasteiger partial charge in [-0.1, -0.05) is 6.07 Å². The second-order valence-corrected chi connectivity index (χ2v) is 5.66. The Morgan fingerprint density at radius 3 is 2.89 bits per heavy atom. The fourth-order valence-corrected chi connectivity index (χ4v) is 3.45. The molecule has 1 saturated carbocycles. The minimum Gasteiger partial charge on any atom is -0.371 e. The summed E-state index contributed by atoms with van der Waals surface area (Å²) >= 11 is 0. The van der Waals surface area contributed by atoms with Crippen LogP contribution < -0.4 is 10.6 Å². The van der Waals surface area contributed by atoms with Crippen LogP contribution in [0.25, 0.3) is 0 Å². The van der Waals surface area contributed by atoms with E-state index in [9.17, 15) is 0 Å². The van der Waals surface area contributed by atoms with E-state index in [0.717, 1.165) is 30.5 Å². The maximum absolute atomic E-state index is 8.96. The summed E-state index contributed by atoms with van der Waals surface area (Å²) in [4.78, 5) is 2.42. The van der Waals surface area contributed by atoms with E-state index in [0.29, 0.717) is 6.04 Å². The molecule has 1 aromatic rings. The molecule has 2 N–H and O–H groups in total. The van der Waals surface area contributed by atoms with E-state index >= 15 is 0 Å². The number of hydrogen-bond donors (Lipinski definition) is 1. The third kappa shape index (κ3) is 2.09. The molecule has 0 bridgehead atoms. The van der Waals surface area contributed by atoms with Crippen LogP contribution in [0.5, 0.6) is 0 Å². The summed E-state index contributed by atoms with van der Waals surface area (Å²) in [6.45, 7) is 2.24.